The number of nitrogens with zero attached hydrogens (tertiary/aromatic N) is 4. The molecule has 0 unspecified atom stereocenters. The van der Waals surface area contributed by atoms with E-state index in [0.29, 0.717) is 18.2 Å². The van der Waals surface area contributed by atoms with Crippen molar-refractivity contribution in [3.63, 3.8) is 0 Å². The Kier molecular flexibility index (Phi) is 6.20. The maximum Gasteiger partial charge on any atom is 0.242 e. The molecule has 0 fully saturated rings. The molecule has 5 nitrogen and oxygen atoms in total. The van der Waals surface area contributed by atoms with Crippen LogP contribution in [0.5, 0.6) is 0 Å². The minimum Gasteiger partial charge on any atom is -0.350 e. The lowest BCUT2D eigenvalue weighted by atomic mass is 10.1. The quantitative estimate of drug-likeness (QED) is 0.757. The molecule has 0 spiro atoms. The monoisotopic (exact) mass is 298 g/mol. The summed E-state index contributed by atoms with van der Waals surface area (Å²) in [6.45, 7) is 9.73. The number of likely N-dealkylation sites (N-methyl/N-ethyl adjacent to an activating group) is 2. The number of anilines is 1. The number of hydrogen-bond acceptors (Lipinski definition) is 4. The van der Waals surface area contributed by atoms with Gasteiger partial charge in [-0.25, -0.2) is 9.97 Å². The first-order valence-electron chi connectivity index (χ1n) is 6.91. The van der Waals surface area contributed by atoms with Crippen molar-refractivity contribution in [1.29, 1.82) is 0 Å². The molecule has 0 saturated carbocycles. The zero-order valence-corrected chi connectivity index (χ0v) is 13.6. The lowest BCUT2D eigenvalue weighted by molar-refractivity contribution is -0.129. The first-order valence-corrected chi connectivity index (χ1v) is 7.29. The fourth-order valence-corrected chi connectivity index (χ4v) is 2.47. The summed E-state index contributed by atoms with van der Waals surface area (Å²) in [5.74, 6) is 1.01. The summed E-state index contributed by atoms with van der Waals surface area (Å²) in [6.07, 6.45) is 1.43. The Morgan fingerprint density at radius 3 is 2.40 bits per heavy atom. The predicted molar refractivity (Wildman–Crippen MR) is 82.3 cm³/mol. The Hall–Kier alpha value is -1.36. The predicted octanol–water partition coefficient (Wildman–Crippen LogP) is 2.56. The fraction of sp³-hybridized carbons (Fsp3) is 0.643. The van der Waals surface area contributed by atoms with Crippen molar-refractivity contribution >= 4 is 23.3 Å². The van der Waals surface area contributed by atoms with Gasteiger partial charge >= 0.3 is 0 Å². The van der Waals surface area contributed by atoms with E-state index in [1.807, 2.05) is 39.6 Å². The topological polar surface area (TPSA) is 49.3 Å². The highest BCUT2D eigenvalue weighted by Gasteiger charge is 2.19. The van der Waals surface area contributed by atoms with E-state index in [1.165, 1.54) is 6.33 Å². The Bertz CT molecular complexity index is 460. The maximum absolute atomic E-state index is 12.2. The second kappa shape index (κ2) is 7.43. The summed E-state index contributed by atoms with van der Waals surface area (Å²) in [5, 5.41) is 0.451. The van der Waals surface area contributed by atoms with Gasteiger partial charge in [0.2, 0.25) is 5.91 Å². The molecule has 0 atom stereocenters. The molecular formula is C14H23ClN4O. The summed E-state index contributed by atoms with van der Waals surface area (Å²) in [7, 11) is 1.85. The van der Waals surface area contributed by atoms with Gasteiger partial charge in [0.05, 0.1) is 6.54 Å². The van der Waals surface area contributed by atoms with Gasteiger partial charge in [0.1, 0.15) is 17.3 Å². The van der Waals surface area contributed by atoms with Crippen LogP contribution in [0.3, 0.4) is 0 Å². The van der Waals surface area contributed by atoms with E-state index in [1.54, 1.807) is 4.90 Å². The number of carbonyl (C=O) groups is 1. The number of hydrogen-bond donors (Lipinski definition) is 0. The third kappa shape index (κ3) is 3.82. The van der Waals surface area contributed by atoms with Crippen LogP contribution in [0.15, 0.2) is 6.33 Å². The van der Waals surface area contributed by atoms with Gasteiger partial charge in [-0.05, 0) is 19.8 Å². The van der Waals surface area contributed by atoms with E-state index in [-0.39, 0.29) is 18.4 Å². The first kappa shape index (κ1) is 16.7. The van der Waals surface area contributed by atoms with E-state index >= 15 is 0 Å². The molecule has 0 aliphatic heterocycles. The second-order valence-corrected chi connectivity index (χ2v) is 5.34. The van der Waals surface area contributed by atoms with Gasteiger partial charge in [-0.3, -0.25) is 4.79 Å². The van der Waals surface area contributed by atoms with E-state index in [9.17, 15) is 4.79 Å². The summed E-state index contributed by atoms with van der Waals surface area (Å²) in [5.41, 5.74) is 0.879. The zero-order valence-electron chi connectivity index (χ0n) is 12.9. The highest BCUT2D eigenvalue weighted by molar-refractivity contribution is 6.30. The Morgan fingerprint density at radius 1 is 1.30 bits per heavy atom. The van der Waals surface area contributed by atoms with Crippen molar-refractivity contribution in [1.82, 2.24) is 14.9 Å². The van der Waals surface area contributed by atoms with Gasteiger partial charge in [-0.2, -0.15) is 0 Å². The van der Waals surface area contributed by atoms with E-state index in [0.717, 1.165) is 11.4 Å². The lowest BCUT2D eigenvalue weighted by Crippen LogP contribution is -2.39. The molecule has 1 heterocycles. The minimum atomic E-state index is 0.0851. The van der Waals surface area contributed by atoms with E-state index < -0.39 is 0 Å². The third-order valence-electron chi connectivity index (χ3n) is 3.24. The molecule has 0 aromatic carbocycles. The van der Waals surface area contributed by atoms with Crippen LogP contribution in [0.2, 0.25) is 5.15 Å². The lowest BCUT2D eigenvalue weighted by Gasteiger charge is -2.26. The fourth-order valence-electron chi connectivity index (χ4n) is 2.12. The largest absolute Gasteiger partial charge is 0.350 e. The van der Waals surface area contributed by atoms with Gasteiger partial charge < -0.3 is 9.80 Å². The molecule has 1 amide bonds. The van der Waals surface area contributed by atoms with Gasteiger partial charge in [0.25, 0.3) is 0 Å². The molecule has 0 radical (unpaired) electrons. The van der Waals surface area contributed by atoms with Gasteiger partial charge in [-0.1, -0.05) is 25.4 Å². The smallest absolute Gasteiger partial charge is 0.242 e. The molecule has 112 valence electrons. The molecular weight excluding hydrogens is 276 g/mol. The van der Waals surface area contributed by atoms with E-state index in [2.05, 4.69) is 9.97 Å². The maximum atomic E-state index is 12.2. The Morgan fingerprint density at radius 2 is 1.90 bits per heavy atom. The van der Waals surface area contributed by atoms with Crippen molar-refractivity contribution in [2.45, 2.75) is 33.6 Å². The number of carbonyl (C=O) groups excluding carboxylic acids is 1. The van der Waals surface area contributed by atoms with E-state index in [4.69, 9.17) is 11.6 Å². The number of rotatable bonds is 6. The highest BCUT2D eigenvalue weighted by atomic mass is 35.5. The van der Waals surface area contributed by atoms with Crippen molar-refractivity contribution in [2.75, 3.05) is 31.6 Å². The Balaban J connectivity index is 2.96. The molecule has 0 N–H and O–H groups in total. The number of halogens is 1. The third-order valence-corrected chi connectivity index (χ3v) is 3.54. The average Bonchev–Trinajstić information content (AvgIpc) is 2.39. The number of amides is 1. The van der Waals surface area contributed by atoms with Gasteiger partial charge in [-0.15, -0.1) is 0 Å². The molecule has 1 aromatic rings. The van der Waals surface area contributed by atoms with Gasteiger partial charge in [0.15, 0.2) is 0 Å². The molecule has 0 aliphatic rings. The summed E-state index contributed by atoms with van der Waals surface area (Å²) in [4.78, 5) is 24.1. The molecule has 1 aromatic heterocycles. The average molecular weight is 299 g/mol. The molecule has 20 heavy (non-hydrogen) atoms. The SMILES string of the molecule is CCN(CC)C(=O)CN(C)c1ncnc(Cl)c1C(C)C. The summed E-state index contributed by atoms with van der Waals surface area (Å²) in [6, 6.07) is 0. The van der Waals surface area contributed by atoms with Crippen LogP contribution in [-0.4, -0.2) is 47.5 Å². The highest BCUT2D eigenvalue weighted by Crippen LogP contribution is 2.29. The summed E-state index contributed by atoms with van der Waals surface area (Å²) >= 11 is 6.15. The van der Waals surface area contributed by atoms with Crippen LogP contribution in [0.1, 0.15) is 39.2 Å². The van der Waals surface area contributed by atoms with Crippen LogP contribution in [-0.2, 0) is 4.79 Å². The van der Waals surface area contributed by atoms with Crippen LogP contribution in [0.4, 0.5) is 5.82 Å². The van der Waals surface area contributed by atoms with Crippen LogP contribution >= 0.6 is 11.6 Å². The molecule has 0 aliphatic carbocycles. The van der Waals surface area contributed by atoms with Crippen molar-refractivity contribution in [3.8, 4) is 0 Å². The van der Waals surface area contributed by atoms with Crippen LogP contribution in [0.25, 0.3) is 0 Å². The molecule has 6 heteroatoms. The van der Waals surface area contributed by atoms with Crippen molar-refractivity contribution in [2.24, 2.45) is 0 Å². The zero-order chi connectivity index (χ0) is 15.3. The normalized spacial score (nSPS) is 10.8. The van der Waals surface area contributed by atoms with Crippen LogP contribution in [0, 0.1) is 0 Å². The molecule has 0 bridgehead atoms. The first-order chi connectivity index (χ1) is 9.42. The minimum absolute atomic E-state index is 0.0851. The second-order valence-electron chi connectivity index (χ2n) is 4.98. The Labute approximate surface area is 126 Å². The van der Waals surface area contributed by atoms with Crippen LogP contribution < -0.4 is 4.90 Å². The number of aromatic nitrogens is 2. The van der Waals surface area contributed by atoms with Crippen molar-refractivity contribution in [3.05, 3.63) is 17.0 Å². The van der Waals surface area contributed by atoms with Gasteiger partial charge in [0, 0.05) is 25.7 Å². The molecule has 0 saturated heterocycles. The summed E-state index contributed by atoms with van der Waals surface area (Å²) < 4.78 is 0. The van der Waals surface area contributed by atoms with Crippen molar-refractivity contribution < 1.29 is 4.79 Å². The standard InChI is InChI=1S/C14H23ClN4O/c1-6-19(7-2)11(20)8-18(5)14-12(10(3)4)13(15)16-9-17-14/h9-10H,6-8H2,1-5H3. The molecule has 1 rings (SSSR count).